The van der Waals surface area contributed by atoms with Gasteiger partial charge in [0.1, 0.15) is 5.70 Å². The van der Waals surface area contributed by atoms with Gasteiger partial charge in [0.25, 0.3) is 0 Å². The van der Waals surface area contributed by atoms with Crippen molar-refractivity contribution in [3.05, 3.63) is 11.8 Å². The summed E-state index contributed by atoms with van der Waals surface area (Å²) in [5, 5.41) is 18.6. The lowest BCUT2D eigenvalue weighted by Crippen LogP contribution is -2.65. The van der Waals surface area contributed by atoms with Crippen molar-refractivity contribution < 1.29 is 19.8 Å². The molecule has 2 aliphatic heterocycles. The Bertz CT molecular complexity index is 366. The summed E-state index contributed by atoms with van der Waals surface area (Å²) >= 11 is 0. The Kier molecular flexibility index (Phi) is 1.91. The predicted molar refractivity (Wildman–Crippen MR) is 50.8 cm³/mol. The van der Waals surface area contributed by atoms with Crippen LogP contribution in [0.3, 0.4) is 0 Å². The predicted octanol–water partition coefficient (Wildman–Crippen LogP) is -0.0435. The second-order valence-electron chi connectivity index (χ2n) is 4.54. The summed E-state index contributed by atoms with van der Waals surface area (Å²) in [5.74, 6) is -1.86. The normalized spacial score (nSPS) is 29.7. The molecule has 2 atom stereocenters. The van der Waals surface area contributed by atoms with Gasteiger partial charge in [-0.15, -0.1) is 0 Å². The van der Waals surface area contributed by atoms with Gasteiger partial charge >= 0.3 is 5.97 Å². The fraction of sp³-hybridized carbons (Fsp3) is 0.600. The third-order valence-corrected chi connectivity index (χ3v) is 3.01. The number of carboxylic acid groups (broad SMARTS) is 1. The largest absolute Gasteiger partial charge is 0.477 e. The first-order valence-electron chi connectivity index (χ1n) is 4.83. The highest BCUT2D eigenvalue weighted by Gasteiger charge is 2.57. The summed E-state index contributed by atoms with van der Waals surface area (Å²) in [6, 6.07) is -0.177. The molecule has 0 aromatic heterocycles. The summed E-state index contributed by atoms with van der Waals surface area (Å²) in [6.07, 6.45) is 2.05. The Hall–Kier alpha value is -1.36. The van der Waals surface area contributed by atoms with Crippen LogP contribution in [0.1, 0.15) is 20.3 Å². The van der Waals surface area contributed by atoms with Gasteiger partial charge < -0.3 is 15.1 Å². The quantitative estimate of drug-likeness (QED) is 0.628. The van der Waals surface area contributed by atoms with Crippen LogP contribution in [-0.4, -0.2) is 38.6 Å². The van der Waals surface area contributed by atoms with E-state index in [2.05, 4.69) is 0 Å². The lowest BCUT2D eigenvalue weighted by molar-refractivity contribution is -0.169. The number of amides is 1. The standard InChI is InChI=1S/C10H13NO4/c1-10(2,15)7-5-3-4-6(9(13)14)11(5)8(7)12/h4-5,7,15H,3H2,1-2H3,(H,13,14)/t5-,7+/m1/s1. The number of aliphatic hydroxyl groups is 1. The van der Waals surface area contributed by atoms with E-state index in [1.54, 1.807) is 13.8 Å². The Balaban J connectivity index is 2.21. The number of fused-ring (bicyclic) bond motifs is 1. The molecule has 0 spiro atoms. The van der Waals surface area contributed by atoms with Gasteiger partial charge in [-0.2, -0.15) is 0 Å². The number of hydrogen-bond donors (Lipinski definition) is 2. The molecule has 0 bridgehead atoms. The molecule has 1 amide bonds. The van der Waals surface area contributed by atoms with Gasteiger partial charge in [0.15, 0.2) is 0 Å². The van der Waals surface area contributed by atoms with Crippen molar-refractivity contribution in [1.29, 1.82) is 0 Å². The molecule has 2 aliphatic rings. The van der Waals surface area contributed by atoms with Crippen LogP contribution in [0.4, 0.5) is 0 Å². The Morgan fingerprint density at radius 2 is 2.20 bits per heavy atom. The molecule has 0 aliphatic carbocycles. The van der Waals surface area contributed by atoms with Gasteiger partial charge in [-0.1, -0.05) is 6.08 Å². The highest BCUT2D eigenvalue weighted by atomic mass is 16.4. The zero-order valence-electron chi connectivity index (χ0n) is 8.60. The first-order valence-corrected chi connectivity index (χ1v) is 4.83. The molecular formula is C10H13NO4. The number of rotatable bonds is 2. The molecule has 5 heteroatoms. The van der Waals surface area contributed by atoms with E-state index in [1.807, 2.05) is 0 Å². The summed E-state index contributed by atoms with van der Waals surface area (Å²) in [6.45, 7) is 3.15. The first kappa shape index (κ1) is 10.2. The maximum Gasteiger partial charge on any atom is 0.352 e. The zero-order valence-corrected chi connectivity index (χ0v) is 8.60. The number of aliphatic carboxylic acids is 1. The molecular weight excluding hydrogens is 198 g/mol. The molecule has 1 fully saturated rings. The summed E-state index contributed by atoms with van der Waals surface area (Å²) in [5.41, 5.74) is -1.04. The number of carbonyl (C=O) groups is 2. The number of carboxylic acids is 1. The van der Waals surface area contributed by atoms with E-state index in [4.69, 9.17) is 5.11 Å². The van der Waals surface area contributed by atoms with E-state index in [-0.39, 0.29) is 17.6 Å². The van der Waals surface area contributed by atoms with Crippen molar-refractivity contribution in [2.24, 2.45) is 5.92 Å². The second kappa shape index (κ2) is 2.82. The number of β-lactam (4-membered cyclic amide) rings is 1. The smallest absolute Gasteiger partial charge is 0.352 e. The topological polar surface area (TPSA) is 77.8 Å². The highest BCUT2D eigenvalue weighted by Crippen LogP contribution is 2.43. The highest BCUT2D eigenvalue weighted by molar-refractivity contribution is 5.99. The van der Waals surface area contributed by atoms with E-state index in [0.717, 1.165) is 0 Å². The SMILES string of the molecule is CC(C)(O)[C@@H]1C(=O)N2C(C(=O)O)=CC[C@H]12. The van der Waals surface area contributed by atoms with Crippen molar-refractivity contribution in [2.75, 3.05) is 0 Å². The molecule has 82 valence electrons. The fourth-order valence-corrected chi connectivity index (χ4v) is 2.38. The van der Waals surface area contributed by atoms with Crippen LogP contribution in [0, 0.1) is 5.92 Å². The van der Waals surface area contributed by atoms with Crippen molar-refractivity contribution >= 4 is 11.9 Å². The van der Waals surface area contributed by atoms with Crippen LogP contribution < -0.4 is 0 Å². The minimum absolute atomic E-state index is 0.0468. The summed E-state index contributed by atoms with van der Waals surface area (Å²) in [4.78, 5) is 23.7. The van der Waals surface area contributed by atoms with Crippen molar-refractivity contribution in [3.63, 3.8) is 0 Å². The van der Waals surface area contributed by atoms with E-state index in [1.165, 1.54) is 11.0 Å². The Morgan fingerprint density at radius 3 is 2.67 bits per heavy atom. The third-order valence-electron chi connectivity index (χ3n) is 3.01. The van der Waals surface area contributed by atoms with Crippen LogP contribution >= 0.6 is 0 Å². The molecule has 5 nitrogen and oxygen atoms in total. The minimum atomic E-state index is -1.08. The lowest BCUT2D eigenvalue weighted by atomic mass is 9.76. The van der Waals surface area contributed by atoms with Crippen LogP contribution in [0.15, 0.2) is 11.8 Å². The first-order chi connectivity index (χ1) is 6.84. The Labute approximate surface area is 87.0 Å². The van der Waals surface area contributed by atoms with Gasteiger partial charge in [-0.25, -0.2) is 4.79 Å². The van der Waals surface area contributed by atoms with E-state index >= 15 is 0 Å². The van der Waals surface area contributed by atoms with Crippen molar-refractivity contribution in [1.82, 2.24) is 4.90 Å². The molecule has 2 N–H and O–H groups in total. The van der Waals surface area contributed by atoms with Crippen molar-refractivity contribution in [3.8, 4) is 0 Å². The third kappa shape index (κ3) is 1.26. The van der Waals surface area contributed by atoms with Crippen LogP contribution in [-0.2, 0) is 9.59 Å². The molecule has 0 radical (unpaired) electrons. The molecule has 2 heterocycles. The molecule has 15 heavy (non-hydrogen) atoms. The van der Waals surface area contributed by atoms with Gasteiger partial charge in [0.05, 0.1) is 17.6 Å². The molecule has 2 rings (SSSR count). The van der Waals surface area contributed by atoms with Gasteiger partial charge in [0.2, 0.25) is 5.91 Å². The van der Waals surface area contributed by atoms with Crippen LogP contribution in [0.5, 0.6) is 0 Å². The Morgan fingerprint density at radius 1 is 1.60 bits per heavy atom. The average molecular weight is 211 g/mol. The average Bonchev–Trinajstić information content (AvgIpc) is 2.40. The fourth-order valence-electron chi connectivity index (χ4n) is 2.38. The van der Waals surface area contributed by atoms with E-state index < -0.39 is 17.5 Å². The van der Waals surface area contributed by atoms with Crippen molar-refractivity contribution in [2.45, 2.75) is 31.9 Å². The van der Waals surface area contributed by atoms with Gasteiger partial charge in [0, 0.05) is 0 Å². The maximum absolute atomic E-state index is 11.7. The lowest BCUT2D eigenvalue weighted by Gasteiger charge is -2.48. The molecule has 0 unspecified atom stereocenters. The monoisotopic (exact) mass is 211 g/mol. The van der Waals surface area contributed by atoms with Crippen LogP contribution in [0.25, 0.3) is 0 Å². The molecule has 1 saturated heterocycles. The second-order valence-corrected chi connectivity index (χ2v) is 4.54. The van der Waals surface area contributed by atoms with E-state index in [0.29, 0.717) is 6.42 Å². The zero-order chi connectivity index (χ0) is 11.4. The summed E-state index contributed by atoms with van der Waals surface area (Å²) in [7, 11) is 0. The van der Waals surface area contributed by atoms with E-state index in [9.17, 15) is 14.7 Å². The number of carbonyl (C=O) groups excluding carboxylic acids is 1. The number of nitrogens with zero attached hydrogens (tertiary/aromatic N) is 1. The molecule has 0 saturated carbocycles. The number of hydrogen-bond acceptors (Lipinski definition) is 3. The molecule has 0 aromatic rings. The molecule has 0 aromatic carbocycles. The van der Waals surface area contributed by atoms with Crippen LogP contribution in [0.2, 0.25) is 0 Å². The van der Waals surface area contributed by atoms with Gasteiger partial charge in [-0.05, 0) is 20.3 Å². The summed E-state index contributed by atoms with van der Waals surface area (Å²) < 4.78 is 0. The maximum atomic E-state index is 11.7. The minimum Gasteiger partial charge on any atom is -0.477 e. The van der Waals surface area contributed by atoms with Gasteiger partial charge in [-0.3, -0.25) is 4.79 Å².